The topological polar surface area (TPSA) is 32.3 Å². The lowest BCUT2D eigenvalue weighted by Gasteiger charge is -2.16. The highest BCUT2D eigenvalue weighted by molar-refractivity contribution is 9.10. The Morgan fingerprint density at radius 1 is 1.20 bits per heavy atom. The van der Waals surface area contributed by atoms with E-state index in [1.54, 1.807) is 0 Å². The lowest BCUT2D eigenvalue weighted by molar-refractivity contribution is 0.181. The number of aliphatic hydroxyl groups is 1. The first kappa shape index (κ1) is 14.9. The number of aryl methyl sites for hydroxylation is 1. The van der Waals surface area contributed by atoms with E-state index in [1.165, 1.54) is 6.07 Å². The van der Waals surface area contributed by atoms with Gasteiger partial charge in [0.05, 0.1) is 5.56 Å². The maximum Gasteiger partial charge on any atom is 0.132 e. The molecular weight excluding hydrogens is 328 g/mol. The van der Waals surface area contributed by atoms with Gasteiger partial charge >= 0.3 is 0 Å². The van der Waals surface area contributed by atoms with E-state index in [0.29, 0.717) is 0 Å². The molecule has 2 aromatic carbocycles. The number of benzene rings is 2. The summed E-state index contributed by atoms with van der Waals surface area (Å²) in [4.78, 5) is 0. The summed E-state index contributed by atoms with van der Waals surface area (Å²) in [5.41, 5.74) is 1.47. The molecule has 0 bridgehead atoms. The summed E-state index contributed by atoms with van der Waals surface area (Å²) < 4.78 is 28.0. The Morgan fingerprint density at radius 3 is 2.50 bits per heavy atom. The summed E-state index contributed by atoms with van der Waals surface area (Å²) in [6.07, 6.45) is -1.26. The molecule has 106 valence electrons. The summed E-state index contributed by atoms with van der Waals surface area (Å²) in [5.74, 6) is -1.49. The summed E-state index contributed by atoms with van der Waals surface area (Å²) in [5, 5.41) is 12.9. The van der Waals surface area contributed by atoms with Gasteiger partial charge < -0.3 is 10.4 Å². The quantitative estimate of drug-likeness (QED) is 0.874. The Labute approximate surface area is 124 Å². The molecule has 2 rings (SSSR count). The lowest BCUT2D eigenvalue weighted by Crippen LogP contribution is -2.15. The van der Waals surface area contributed by atoms with Crippen LogP contribution in [0.15, 0.2) is 40.9 Å². The van der Waals surface area contributed by atoms with Crippen LogP contribution in [0.4, 0.5) is 14.5 Å². The Balaban J connectivity index is 2.13. The largest absolute Gasteiger partial charge is 0.386 e. The van der Waals surface area contributed by atoms with E-state index in [0.717, 1.165) is 27.9 Å². The van der Waals surface area contributed by atoms with E-state index < -0.39 is 17.7 Å². The maximum atomic E-state index is 13.5. The number of nitrogens with one attached hydrogen (secondary N) is 1. The number of rotatable bonds is 4. The van der Waals surface area contributed by atoms with Gasteiger partial charge in [0, 0.05) is 16.7 Å². The maximum absolute atomic E-state index is 13.5. The van der Waals surface area contributed by atoms with Crippen molar-refractivity contribution in [2.45, 2.75) is 13.0 Å². The smallest absolute Gasteiger partial charge is 0.132 e. The third-order valence-electron chi connectivity index (χ3n) is 3.02. The number of anilines is 1. The monoisotopic (exact) mass is 341 g/mol. The van der Waals surface area contributed by atoms with Crippen LogP contribution in [0.5, 0.6) is 0 Å². The first-order valence-electron chi connectivity index (χ1n) is 6.11. The molecule has 0 fully saturated rings. The molecule has 20 heavy (non-hydrogen) atoms. The summed E-state index contributed by atoms with van der Waals surface area (Å²) in [6.45, 7) is 1.93. The fourth-order valence-corrected chi connectivity index (χ4v) is 2.28. The molecule has 1 unspecified atom stereocenters. The molecule has 2 nitrogen and oxygen atoms in total. The van der Waals surface area contributed by atoms with E-state index in [4.69, 9.17) is 0 Å². The summed E-state index contributed by atoms with van der Waals surface area (Å²) in [7, 11) is 0. The van der Waals surface area contributed by atoms with Crippen LogP contribution in [0, 0.1) is 18.6 Å². The zero-order valence-electron chi connectivity index (χ0n) is 10.8. The van der Waals surface area contributed by atoms with Crippen LogP contribution < -0.4 is 5.32 Å². The van der Waals surface area contributed by atoms with Crippen LogP contribution in [0.25, 0.3) is 0 Å². The second-order valence-electron chi connectivity index (χ2n) is 4.49. The van der Waals surface area contributed by atoms with Gasteiger partial charge in [0.25, 0.3) is 0 Å². The molecule has 0 saturated heterocycles. The number of halogens is 3. The van der Waals surface area contributed by atoms with Gasteiger partial charge in [-0.05, 0) is 36.8 Å². The highest BCUT2D eigenvalue weighted by atomic mass is 79.9. The van der Waals surface area contributed by atoms with Gasteiger partial charge in [-0.25, -0.2) is 8.78 Å². The number of aliphatic hydroxyl groups excluding tert-OH is 1. The Hall–Kier alpha value is -1.46. The lowest BCUT2D eigenvalue weighted by atomic mass is 10.1. The highest BCUT2D eigenvalue weighted by Gasteiger charge is 2.17. The second-order valence-corrected chi connectivity index (χ2v) is 5.41. The molecule has 2 aromatic rings. The van der Waals surface area contributed by atoms with Crippen molar-refractivity contribution in [1.29, 1.82) is 0 Å². The average Bonchev–Trinajstić information content (AvgIpc) is 2.39. The van der Waals surface area contributed by atoms with Gasteiger partial charge in [-0.1, -0.05) is 28.1 Å². The van der Waals surface area contributed by atoms with E-state index in [1.807, 2.05) is 25.1 Å². The van der Waals surface area contributed by atoms with Gasteiger partial charge in [-0.3, -0.25) is 0 Å². The third-order valence-corrected chi connectivity index (χ3v) is 3.51. The standard InChI is InChI=1S/C15H14BrF2NO/c1-9-5-6-10(16)7-13(9)19-8-14(20)15-11(17)3-2-4-12(15)18/h2-7,14,19-20H,8H2,1H3. The van der Waals surface area contributed by atoms with E-state index in [9.17, 15) is 13.9 Å². The van der Waals surface area contributed by atoms with Crippen molar-refractivity contribution in [2.75, 3.05) is 11.9 Å². The molecule has 2 N–H and O–H groups in total. The molecular formula is C15H14BrF2NO. The molecule has 0 amide bonds. The molecule has 0 radical (unpaired) electrons. The molecule has 0 heterocycles. The van der Waals surface area contributed by atoms with Crippen molar-refractivity contribution in [2.24, 2.45) is 0 Å². The van der Waals surface area contributed by atoms with Crippen molar-refractivity contribution >= 4 is 21.6 Å². The summed E-state index contributed by atoms with van der Waals surface area (Å²) >= 11 is 3.35. The van der Waals surface area contributed by atoms with Crippen LogP contribution in [0.1, 0.15) is 17.2 Å². The SMILES string of the molecule is Cc1ccc(Br)cc1NCC(O)c1c(F)cccc1F. The Morgan fingerprint density at radius 2 is 1.85 bits per heavy atom. The number of hydrogen-bond donors (Lipinski definition) is 2. The molecule has 5 heteroatoms. The minimum Gasteiger partial charge on any atom is -0.386 e. The minimum absolute atomic E-state index is 0.0230. The zero-order chi connectivity index (χ0) is 14.7. The van der Waals surface area contributed by atoms with Crippen LogP contribution in [-0.2, 0) is 0 Å². The van der Waals surface area contributed by atoms with E-state index in [2.05, 4.69) is 21.2 Å². The van der Waals surface area contributed by atoms with Gasteiger partial charge in [0.15, 0.2) is 0 Å². The van der Waals surface area contributed by atoms with Gasteiger partial charge in [-0.15, -0.1) is 0 Å². The third kappa shape index (κ3) is 3.35. The summed E-state index contributed by atoms with van der Waals surface area (Å²) in [6, 6.07) is 9.18. The molecule has 0 saturated carbocycles. The molecule has 0 aliphatic rings. The molecule has 1 atom stereocenters. The van der Waals surface area contributed by atoms with Crippen LogP contribution in [-0.4, -0.2) is 11.7 Å². The van der Waals surface area contributed by atoms with Gasteiger partial charge in [0.1, 0.15) is 17.7 Å². The molecule has 0 spiro atoms. The molecule has 0 aromatic heterocycles. The molecule has 0 aliphatic carbocycles. The van der Waals surface area contributed by atoms with Crippen molar-refractivity contribution < 1.29 is 13.9 Å². The fourth-order valence-electron chi connectivity index (χ4n) is 1.92. The van der Waals surface area contributed by atoms with Crippen molar-refractivity contribution in [1.82, 2.24) is 0 Å². The van der Waals surface area contributed by atoms with E-state index >= 15 is 0 Å². The van der Waals surface area contributed by atoms with Crippen LogP contribution >= 0.6 is 15.9 Å². The van der Waals surface area contributed by atoms with Gasteiger partial charge in [-0.2, -0.15) is 0 Å². The van der Waals surface area contributed by atoms with Crippen molar-refractivity contribution in [3.05, 3.63) is 63.6 Å². The first-order valence-corrected chi connectivity index (χ1v) is 6.90. The minimum atomic E-state index is -1.26. The average molecular weight is 342 g/mol. The normalized spacial score (nSPS) is 12.2. The van der Waals surface area contributed by atoms with Gasteiger partial charge in [0.2, 0.25) is 0 Å². The highest BCUT2D eigenvalue weighted by Crippen LogP contribution is 2.24. The first-order chi connectivity index (χ1) is 9.49. The molecule has 0 aliphatic heterocycles. The Kier molecular flexibility index (Phi) is 4.73. The van der Waals surface area contributed by atoms with Crippen LogP contribution in [0.3, 0.4) is 0 Å². The van der Waals surface area contributed by atoms with Crippen molar-refractivity contribution in [3.63, 3.8) is 0 Å². The Bertz CT molecular complexity index is 599. The van der Waals surface area contributed by atoms with Crippen molar-refractivity contribution in [3.8, 4) is 0 Å². The van der Waals surface area contributed by atoms with E-state index in [-0.39, 0.29) is 12.1 Å². The fraction of sp³-hybridized carbons (Fsp3) is 0.200. The second kappa shape index (κ2) is 6.33. The zero-order valence-corrected chi connectivity index (χ0v) is 12.4. The van der Waals surface area contributed by atoms with Crippen LogP contribution in [0.2, 0.25) is 0 Å². The predicted octanol–water partition coefficient (Wildman–Crippen LogP) is 4.18. The number of hydrogen-bond acceptors (Lipinski definition) is 2. The predicted molar refractivity (Wildman–Crippen MR) is 78.7 cm³/mol.